The second-order valence-electron chi connectivity index (χ2n) is 6.56. The molecule has 1 atom stereocenters. The summed E-state index contributed by atoms with van der Waals surface area (Å²) in [6.45, 7) is -0.131. The van der Waals surface area contributed by atoms with Crippen LogP contribution in [0.25, 0.3) is 6.08 Å². The van der Waals surface area contributed by atoms with Crippen molar-refractivity contribution in [3.63, 3.8) is 0 Å². The van der Waals surface area contributed by atoms with E-state index in [4.69, 9.17) is 12.2 Å². The Bertz CT molecular complexity index is 945. The van der Waals surface area contributed by atoms with Gasteiger partial charge in [-0.15, -0.1) is 0 Å². The van der Waals surface area contributed by atoms with Gasteiger partial charge in [-0.2, -0.15) is 0 Å². The van der Waals surface area contributed by atoms with Gasteiger partial charge in [0.2, 0.25) is 5.91 Å². The van der Waals surface area contributed by atoms with Gasteiger partial charge in [0, 0.05) is 7.05 Å². The number of hydrogen-bond donors (Lipinski definition) is 2. The molecule has 1 unspecified atom stereocenters. The second kappa shape index (κ2) is 9.21. The molecule has 2 amide bonds. The second-order valence-corrected chi connectivity index (χ2v) is 8.24. The monoisotopic (exact) mass is 428 g/mol. The van der Waals surface area contributed by atoms with E-state index < -0.39 is 6.10 Å². The van der Waals surface area contributed by atoms with Gasteiger partial charge in [-0.1, -0.05) is 66.4 Å². The van der Waals surface area contributed by atoms with Crippen molar-refractivity contribution in [3.05, 3.63) is 70.6 Å². The van der Waals surface area contributed by atoms with Gasteiger partial charge in [-0.25, -0.2) is 0 Å². The Balaban J connectivity index is 1.62. The van der Waals surface area contributed by atoms with Gasteiger partial charge in [-0.05, 0) is 29.3 Å². The first-order valence-corrected chi connectivity index (χ1v) is 10.1. The third-order valence-electron chi connectivity index (χ3n) is 4.41. The molecule has 150 valence electrons. The van der Waals surface area contributed by atoms with Crippen LogP contribution in [0.5, 0.6) is 5.75 Å². The van der Waals surface area contributed by atoms with Crippen molar-refractivity contribution < 1.29 is 19.8 Å². The molecule has 2 aromatic rings. The number of hydrogen-bond acceptors (Lipinski definition) is 6. The van der Waals surface area contributed by atoms with Gasteiger partial charge >= 0.3 is 0 Å². The van der Waals surface area contributed by atoms with Crippen LogP contribution in [0.3, 0.4) is 0 Å². The van der Waals surface area contributed by atoms with Crippen molar-refractivity contribution in [1.29, 1.82) is 0 Å². The van der Waals surface area contributed by atoms with E-state index in [0.29, 0.717) is 14.8 Å². The molecule has 0 spiro atoms. The van der Waals surface area contributed by atoms with Crippen LogP contribution in [0.4, 0.5) is 0 Å². The van der Waals surface area contributed by atoms with Crippen molar-refractivity contribution in [3.8, 4) is 5.75 Å². The Labute approximate surface area is 178 Å². The molecule has 29 heavy (non-hydrogen) atoms. The maximum atomic E-state index is 12.7. The molecule has 8 heteroatoms. The number of phenolic OH excluding ortho intramolecular Hbond substituents is 1. The average molecular weight is 429 g/mol. The summed E-state index contributed by atoms with van der Waals surface area (Å²) in [5.41, 5.74) is 1.47. The molecule has 1 saturated heterocycles. The number of benzene rings is 2. The first kappa shape index (κ1) is 21.0. The first-order valence-electron chi connectivity index (χ1n) is 8.86. The molecular formula is C21H20N2O4S2. The number of aliphatic hydroxyl groups is 1. The van der Waals surface area contributed by atoms with Crippen LogP contribution in [0.1, 0.15) is 17.2 Å². The van der Waals surface area contributed by atoms with Gasteiger partial charge in [0.05, 0.1) is 17.6 Å². The Morgan fingerprint density at radius 1 is 1.21 bits per heavy atom. The molecule has 3 rings (SSSR count). The molecule has 1 fully saturated rings. The van der Waals surface area contributed by atoms with Crippen LogP contribution in [0.15, 0.2) is 59.5 Å². The fraction of sp³-hybridized carbons (Fsp3) is 0.190. The molecule has 0 bridgehead atoms. The van der Waals surface area contributed by atoms with Gasteiger partial charge < -0.3 is 15.1 Å². The quantitative estimate of drug-likeness (QED) is 0.544. The molecule has 2 aromatic carbocycles. The predicted molar refractivity (Wildman–Crippen MR) is 117 cm³/mol. The zero-order valence-electron chi connectivity index (χ0n) is 15.7. The van der Waals surface area contributed by atoms with Crippen LogP contribution in [0.2, 0.25) is 0 Å². The van der Waals surface area contributed by atoms with Gasteiger partial charge in [-0.3, -0.25) is 14.5 Å². The maximum Gasteiger partial charge on any atom is 0.266 e. The number of phenols is 1. The van der Waals surface area contributed by atoms with E-state index in [2.05, 4.69) is 0 Å². The standard InChI is InChI=1S/C21H20N2O4S2/c1-22(12-17(25)15-7-9-16(24)10-8-15)19(26)13-23-20(27)18(29-21(23)28)11-14-5-3-2-4-6-14/h2-11,17,24-25H,12-13H2,1H3/b18-11-. The number of amides is 2. The normalized spacial score (nSPS) is 16.3. The fourth-order valence-electron chi connectivity index (χ4n) is 2.76. The summed E-state index contributed by atoms with van der Waals surface area (Å²) in [5.74, 6) is -0.534. The molecule has 0 radical (unpaired) electrons. The van der Waals surface area contributed by atoms with Crippen LogP contribution >= 0.6 is 24.0 Å². The number of aliphatic hydroxyl groups excluding tert-OH is 1. The molecule has 0 aliphatic carbocycles. The van der Waals surface area contributed by atoms with Crippen molar-refractivity contribution in [2.24, 2.45) is 0 Å². The Morgan fingerprint density at radius 2 is 1.86 bits per heavy atom. The summed E-state index contributed by atoms with van der Waals surface area (Å²) in [7, 11) is 1.56. The van der Waals surface area contributed by atoms with Crippen molar-refractivity contribution in [1.82, 2.24) is 9.80 Å². The summed E-state index contributed by atoms with van der Waals surface area (Å²) >= 11 is 6.44. The summed E-state index contributed by atoms with van der Waals surface area (Å²) < 4.78 is 0.331. The lowest BCUT2D eigenvalue weighted by Gasteiger charge is -2.23. The van der Waals surface area contributed by atoms with Crippen LogP contribution in [-0.4, -0.2) is 56.3 Å². The van der Waals surface area contributed by atoms with Gasteiger partial charge in [0.15, 0.2) is 0 Å². The molecule has 0 aromatic heterocycles. The minimum absolute atomic E-state index is 0.0538. The maximum absolute atomic E-state index is 12.7. The Morgan fingerprint density at radius 3 is 2.52 bits per heavy atom. The van der Waals surface area contributed by atoms with E-state index in [-0.39, 0.29) is 30.7 Å². The average Bonchev–Trinajstić information content (AvgIpc) is 2.96. The molecule has 2 N–H and O–H groups in total. The summed E-state index contributed by atoms with van der Waals surface area (Å²) in [6.07, 6.45) is 0.843. The van der Waals surface area contributed by atoms with Gasteiger partial charge in [0.1, 0.15) is 16.6 Å². The minimum Gasteiger partial charge on any atom is -0.508 e. The topological polar surface area (TPSA) is 81.1 Å². The van der Waals surface area contributed by atoms with Crippen molar-refractivity contribution >= 4 is 46.2 Å². The molecule has 1 heterocycles. The van der Waals surface area contributed by atoms with Crippen molar-refractivity contribution in [2.75, 3.05) is 20.1 Å². The summed E-state index contributed by atoms with van der Waals surface area (Å²) in [6, 6.07) is 15.5. The third kappa shape index (κ3) is 5.23. The first-order chi connectivity index (χ1) is 13.8. The number of thiocarbonyl (C=S) groups is 1. The Hall–Kier alpha value is -2.68. The van der Waals surface area contributed by atoms with Crippen molar-refractivity contribution in [2.45, 2.75) is 6.10 Å². The smallest absolute Gasteiger partial charge is 0.266 e. The SMILES string of the molecule is CN(CC(O)c1ccc(O)cc1)C(=O)CN1C(=O)/C(=C/c2ccccc2)SC1=S. The van der Waals surface area contributed by atoms with E-state index in [0.717, 1.165) is 5.56 Å². The molecule has 1 aliphatic heterocycles. The zero-order chi connectivity index (χ0) is 21.0. The van der Waals surface area contributed by atoms with Gasteiger partial charge in [0.25, 0.3) is 5.91 Å². The highest BCUT2D eigenvalue weighted by Crippen LogP contribution is 2.32. The number of carbonyl (C=O) groups excluding carboxylic acids is 2. The molecule has 0 saturated carbocycles. The van der Waals surface area contributed by atoms with E-state index in [1.165, 1.54) is 33.7 Å². The largest absolute Gasteiger partial charge is 0.508 e. The van der Waals surface area contributed by atoms with E-state index in [9.17, 15) is 19.8 Å². The lowest BCUT2D eigenvalue weighted by molar-refractivity contribution is -0.135. The lowest BCUT2D eigenvalue weighted by atomic mass is 10.1. The predicted octanol–water partition coefficient (Wildman–Crippen LogP) is 2.79. The summed E-state index contributed by atoms with van der Waals surface area (Å²) in [5, 5.41) is 19.6. The highest BCUT2D eigenvalue weighted by Gasteiger charge is 2.34. The Kier molecular flexibility index (Phi) is 6.68. The fourth-order valence-corrected chi connectivity index (χ4v) is 4.01. The molecular weight excluding hydrogens is 408 g/mol. The van der Waals surface area contributed by atoms with E-state index in [1.54, 1.807) is 25.3 Å². The van der Waals surface area contributed by atoms with Crippen LogP contribution in [0, 0.1) is 0 Å². The number of aromatic hydroxyl groups is 1. The number of thioether (sulfide) groups is 1. The highest BCUT2D eigenvalue weighted by atomic mass is 32.2. The molecule has 6 nitrogen and oxygen atoms in total. The number of likely N-dealkylation sites (N-methyl/N-ethyl adjacent to an activating group) is 1. The summed E-state index contributed by atoms with van der Waals surface area (Å²) in [4.78, 5) is 28.3. The van der Waals surface area contributed by atoms with E-state index >= 15 is 0 Å². The van der Waals surface area contributed by atoms with Crippen LogP contribution in [-0.2, 0) is 9.59 Å². The number of nitrogens with zero attached hydrogens (tertiary/aromatic N) is 2. The zero-order valence-corrected chi connectivity index (χ0v) is 17.3. The number of carbonyl (C=O) groups is 2. The lowest BCUT2D eigenvalue weighted by Crippen LogP contribution is -2.41. The van der Waals surface area contributed by atoms with E-state index in [1.807, 2.05) is 30.3 Å². The number of rotatable bonds is 6. The minimum atomic E-state index is -0.909. The molecule has 1 aliphatic rings. The highest BCUT2D eigenvalue weighted by molar-refractivity contribution is 8.26. The van der Waals surface area contributed by atoms with Crippen LogP contribution < -0.4 is 0 Å². The third-order valence-corrected chi connectivity index (χ3v) is 5.79.